The molecule has 0 aliphatic carbocycles. The molecule has 6 nitrogen and oxygen atoms in total. The molecule has 2 aromatic heterocycles. The number of benzene rings is 1. The number of amides is 2. The van der Waals surface area contributed by atoms with Gasteiger partial charge in [0.25, 0.3) is 0 Å². The van der Waals surface area contributed by atoms with Crippen molar-refractivity contribution in [2.75, 3.05) is 40.3 Å². The maximum atomic E-state index is 12.5. The van der Waals surface area contributed by atoms with Gasteiger partial charge in [-0.05, 0) is 81.7 Å². The molecule has 3 heterocycles. The molecule has 0 spiro atoms. The van der Waals surface area contributed by atoms with Crippen molar-refractivity contribution in [3.63, 3.8) is 0 Å². The predicted octanol–water partition coefficient (Wildman–Crippen LogP) is 4.52. The summed E-state index contributed by atoms with van der Waals surface area (Å²) in [4.78, 5) is 20.9. The third kappa shape index (κ3) is 5.02. The highest BCUT2D eigenvalue weighted by molar-refractivity contribution is 6.30. The molecule has 1 saturated heterocycles. The molecular weight excluding hydrogens is 410 g/mol. The van der Waals surface area contributed by atoms with Crippen LogP contribution in [0.15, 0.2) is 48.9 Å². The summed E-state index contributed by atoms with van der Waals surface area (Å²) in [6.45, 7) is 3.26. The lowest BCUT2D eigenvalue weighted by Crippen LogP contribution is -2.44. The molecule has 0 atom stereocenters. The molecule has 1 aliphatic heterocycles. The molecular formula is C24H30ClN5O. The maximum absolute atomic E-state index is 12.5. The molecule has 0 radical (unpaired) electrons. The van der Waals surface area contributed by atoms with Crippen LogP contribution in [0.25, 0.3) is 16.6 Å². The van der Waals surface area contributed by atoms with E-state index in [1.54, 1.807) is 0 Å². The maximum Gasteiger partial charge on any atom is 0.317 e. The molecule has 1 N–H and O–H groups in total. The van der Waals surface area contributed by atoms with Crippen molar-refractivity contribution < 1.29 is 4.79 Å². The van der Waals surface area contributed by atoms with Gasteiger partial charge in [-0.1, -0.05) is 11.6 Å². The number of halogens is 1. The minimum Gasteiger partial charge on any atom is -0.338 e. The molecule has 1 aromatic carbocycles. The fourth-order valence-corrected chi connectivity index (χ4v) is 4.46. The number of likely N-dealkylation sites (tertiary alicyclic amines) is 1. The molecule has 31 heavy (non-hydrogen) atoms. The zero-order valence-corrected chi connectivity index (χ0v) is 19.0. The number of hydrogen-bond donors (Lipinski definition) is 1. The van der Waals surface area contributed by atoms with Gasteiger partial charge >= 0.3 is 6.03 Å². The number of pyridine rings is 1. The predicted molar refractivity (Wildman–Crippen MR) is 126 cm³/mol. The van der Waals surface area contributed by atoms with E-state index in [0.717, 1.165) is 61.7 Å². The Morgan fingerprint density at radius 2 is 1.94 bits per heavy atom. The van der Waals surface area contributed by atoms with Crippen LogP contribution in [0.3, 0.4) is 0 Å². The highest BCUT2D eigenvalue weighted by Crippen LogP contribution is 2.35. The van der Waals surface area contributed by atoms with Gasteiger partial charge in [0.2, 0.25) is 0 Å². The van der Waals surface area contributed by atoms with Crippen LogP contribution in [0.4, 0.5) is 4.79 Å². The zero-order chi connectivity index (χ0) is 21.8. The van der Waals surface area contributed by atoms with Gasteiger partial charge in [-0.25, -0.2) is 4.79 Å². The number of carbonyl (C=O) groups excluding carboxylic acids is 1. The number of urea groups is 1. The van der Waals surface area contributed by atoms with Crippen LogP contribution >= 0.6 is 11.6 Å². The zero-order valence-electron chi connectivity index (χ0n) is 18.2. The average molecular weight is 440 g/mol. The highest BCUT2D eigenvalue weighted by atomic mass is 35.5. The van der Waals surface area contributed by atoms with Crippen molar-refractivity contribution in [1.82, 2.24) is 24.7 Å². The van der Waals surface area contributed by atoms with Crippen LogP contribution in [-0.2, 0) is 0 Å². The van der Waals surface area contributed by atoms with Crippen molar-refractivity contribution in [3.05, 3.63) is 59.5 Å². The molecule has 0 saturated carbocycles. The number of aromatic nitrogens is 2. The summed E-state index contributed by atoms with van der Waals surface area (Å²) in [6, 6.07) is 10.0. The van der Waals surface area contributed by atoms with Crippen LogP contribution in [0.5, 0.6) is 0 Å². The van der Waals surface area contributed by atoms with E-state index in [-0.39, 0.29) is 6.03 Å². The van der Waals surface area contributed by atoms with E-state index in [1.807, 2.05) is 55.7 Å². The lowest BCUT2D eigenvalue weighted by Gasteiger charge is -2.32. The monoisotopic (exact) mass is 439 g/mol. The Labute approximate surface area is 188 Å². The lowest BCUT2D eigenvalue weighted by atomic mass is 9.89. The second-order valence-electron chi connectivity index (χ2n) is 8.47. The van der Waals surface area contributed by atoms with E-state index >= 15 is 0 Å². The topological polar surface area (TPSA) is 53.4 Å². The molecule has 7 heteroatoms. The van der Waals surface area contributed by atoms with Gasteiger partial charge in [-0.3, -0.25) is 4.98 Å². The SMILES string of the molecule is CN(C)CCCNC(=O)N1CCC(c2cn(-c3ccc(Cl)cc3)c3cnccc23)CC1. The fraction of sp³-hybridized carbons (Fsp3) is 0.417. The summed E-state index contributed by atoms with van der Waals surface area (Å²) < 4.78 is 2.19. The van der Waals surface area contributed by atoms with Crippen LogP contribution in [0.1, 0.15) is 30.7 Å². The van der Waals surface area contributed by atoms with Gasteiger partial charge in [0, 0.05) is 48.1 Å². The summed E-state index contributed by atoms with van der Waals surface area (Å²) in [7, 11) is 4.10. The van der Waals surface area contributed by atoms with Crippen molar-refractivity contribution in [3.8, 4) is 5.69 Å². The summed E-state index contributed by atoms with van der Waals surface area (Å²) in [5, 5.41) is 5.02. The first-order valence-corrected chi connectivity index (χ1v) is 11.3. The quantitative estimate of drug-likeness (QED) is 0.574. The molecule has 164 valence electrons. The molecule has 2 amide bonds. The largest absolute Gasteiger partial charge is 0.338 e. The molecule has 0 unspecified atom stereocenters. The van der Waals surface area contributed by atoms with Gasteiger partial charge in [0.15, 0.2) is 0 Å². The lowest BCUT2D eigenvalue weighted by molar-refractivity contribution is 0.181. The van der Waals surface area contributed by atoms with E-state index in [0.29, 0.717) is 5.92 Å². The summed E-state index contributed by atoms with van der Waals surface area (Å²) in [5.41, 5.74) is 3.50. The van der Waals surface area contributed by atoms with Crippen LogP contribution in [-0.4, -0.2) is 65.7 Å². The average Bonchev–Trinajstić information content (AvgIpc) is 3.17. The second kappa shape index (κ2) is 9.71. The number of nitrogens with one attached hydrogen (secondary N) is 1. The van der Waals surface area contributed by atoms with Crippen molar-refractivity contribution >= 4 is 28.5 Å². The van der Waals surface area contributed by atoms with Gasteiger partial charge in [0.05, 0.1) is 11.7 Å². The van der Waals surface area contributed by atoms with Crippen molar-refractivity contribution in [2.45, 2.75) is 25.2 Å². The third-order valence-electron chi connectivity index (χ3n) is 6.02. The Hall–Kier alpha value is -2.57. The highest BCUT2D eigenvalue weighted by Gasteiger charge is 2.26. The first kappa shape index (κ1) is 21.7. The smallest absolute Gasteiger partial charge is 0.317 e. The van der Waals surface area contributed by atoms with Gasteiger partial charge in [-0.15, -0.1) is 0 Å². The Kier molecular flexibility index (Phi) is 6.78. The first-order chi connectivity index (χ1) is 15.0. The Bertz CT molecular complexity index is 1020. The van der Waals surface area contributed by atoms with Crippen LogP contribution in [0, 0.1) is 0 Å². The molecule has 4 rings (SSSR count). The first-order valence-electron chi connectivity index (χ1n) is 10.9. The standard InChI is InChI=1S/C24H30ClN5O/c1-28(2)13-3-11-27-24(31)29-14-9-18(10-15-29)22-17-30(20-6-4-19(25)5-7-20)23-16-26-12-8-21(22)23/h4-8,12,16-18H,3,9-11,13-15H2,1-2H3,(H,27,31). The number of hydrogen-bond acceptors (Lipinski definition) is 3. The van der Waals surface area contributed by atoms with E-state index in [4.69, 9.17) is 11.6 Å². The van der Waals surface area contributed by atoms with Gasteiger partial charge < -0.3 is 19.7 Å². The normalized spacial score (nSPS) is 15.0. The Morgan fingerprint density at radius 1 is 1.19 bits per heavy atom. The molecule has 1 fully saturated rings. The summed E-state index contributed by atoms with van der Waals surface area (Å²) >= 11 is 6.08. The van der Waals surface area contributed by atoms with Gasteiger partial charge in [0.1, 0.15) is 0 Å². The number of rotatable bonds is 6. The van der Waals surface area contributed by atoms with Crippen molar-refractivity contribution in [2.24, 2.45) is 0 Å². The van der Waals surface area contributed by atoms with Gasteiger partial charge in [-0.2, -0.15) is 0 Å². The van der Waals surface area contributed by atoms with Crippen LogP contribution < -0.4 is 5.32 Å². The molecule has 3 aromatic rings. The molecule has 0 bridgehead atoms. The van der Waals surface area contributed by atoms with Crippen LogP contribution in [0.2, 0.25) is 5.02 Å². The van der Waals surface area contributed by atoms with Crippen molar-refractivity contribution in [1.29, 1.82) is 0 Å². The number of carbonyl (C=O) groups is 1. The molecule has 1 aliphatic rings. The Balaban J connectivity index is 1.45. The van der Waals surface area contributed by atoms with E-state index in [9.17, 15) is 4.79 Å². The summed E-state index contributed by atoms with van der Waals surface area (Å²) in [5.74, 6) is 0.427. The number of fused-ring (bicyclic) bond motifs is 1. The Morgan fingerprint density at radius 3 is 2.65 bits per heavy atom. The second-order valence-corrected chi connectivity index (χ2v) is 8.91. The van der Waals surface area contributed by atoms with E-state index in [2.05, 4.69) is 32.0 Å². The number of piperidine rings is 1. The third-order valence-corrected chi connectivity index (χ3v) is 6.28. The minimum atomic E-state index is 0.0602. The number of nitrogens with zero attached hydrogens (tertiary/aromatic N) is 4. The minimum absolute atomic E-state index is 0.0602. The van der Waals surface area contributed by atoms with E-state index in [1.165, 1.54) is 10.9 Å². The van der Waals surface area contributed by atoms with E-state index < -0.39 is 0 Å². The summed E-state index contributed by atoms with van der Waals surface area (Å²) in [6.07, 6.45) is 8.91. The fourth-order valence-electron chi connectivity index (χ4n) is 4.34.